The number of nitrogens with zero attached hydrogens (tertiary/aromatic N) is 2. The van der Waals surface area contributed by atoms with Crippen LogP contribution in [-0.4, -0.2) is 56.3 Å². The molecule has 1 aliphatic heterocycles. The van der Waals surface area contributed by atoms with Gasteiger partial charge in [0, 0.05) is 5.38 Å². The van der Waals surface area contributed by atoms with Crippen LogP contribution in [0.25, 0.3) is 5.57 Å². The van der Waals surface area contributed by atoms with Crippen LogP contribution in [0.1, 0.15) is 12.6 Å². The zero-order valence-electron chi connectivity index (χ0n) is 16.8. The Labute approximate surface area is 206 Å². The van der Waals surface area contributed by atoms with E-state index in [-0.39, 0.29) is 32.2 Å². The van der Waals surface area contributed by atoms with E-state index >= 15 is 0 Å². The van der Waals surface area contributed by atoms with Crippen LogP contribution >= 0.6 is 46.9 Å². The highest BCUT2D eigenvalue weighted by Gasteiger charge is 2.38. The van der Waals surface area contributed by atoms with E-state index < -0.39 is 30.4 Å². The van der Waals surface area contributed by atoms with Gasteiger partial charge < -0.3 is 15.2 Å². The van der Waals surface area contributed by atoms with Gasteiger partial charge >= 0.3 is 18.0 Å². The first-order valence-electron chi connectivity index (χ1n) is 9.16. The molecule has 1 aromatic heterocycles. The number of esters is 1. The summed E-state index contributed by atoms with van der Waals surface area (Å²) in [6.07, 6.45) is 0. The molecule has 3 rings (SSSR count). The number of benzene rings is 1. The Morgan fingerprint density at radius 3 is 2.67 bits per heavy atom. The number of urea groups is 1. The van der Waals surface area contributed by atoms with E-state index in [0.717, 1.165) is 28.0 Å². The van der Waals surface area contributed by atoms with E-state index in [1.807, 2.05) is 0 Å². The monoisotopic (exact) mass is 526 g/mol. The van der Waals surface area contributed by atoms with Crippen molar-refractivity contribution in [3.63, 3.8) is 0 Å². The summed E-state index contributed by atoms with van der Waals surface area (Å²) < 4.78 is 5.06. The molecular formula is C19H15ClN4O6S3. The molecule has 14 heteroatoms. The minimum atomic E-state index is -1.25. The summed E-state index contributed by atoms with van der Waals surface area (Å²) in [5.41, 5.74) is 0.294. The molecule has 1 fully saturated rings. The second-order valence-electron chi connectivity index (χ2n) is 6.17. The molecule has 0 atom stereocenters. The van der Waals surface area contributed by atoms with Crippen LogP contribution in [0.2, 0.25) is 5.02 Å². The molecule has 3 N–H and O–H groups in total. The fourth-order valence-electron chi connectivity index (χ4n) is 2.60. The van der Waals surface area contributed by atoms with Crippen LogP contribution < -0.4 is 10.6 Å². The molecule has 0 radical (unpaired) electrons. The molecule has 3 amide bonds. The van der Waals surface area contributed by atoms with E-state index in [2.05, 4.69) is 15.6 Å². The van der Waals surface area contributed by atoms with Gasteiger partial charge in [-0.25, -0.2) is 14.6 Å². The Bertz CT molecular complexity index is 1180. The number of hydrogen-bond acceptors (Lipinski definition) is 9. The lowest BCUT2D eigenvalue weighted by Crippen LogP contribution is -2.33. The average molecular weight is 527 g/mol. The van der Waals surface area contributed by atoms with Crippen LogP contribution in [-0.2, 0) is 19.1 Å². The summed E-state index contributed by atoms with van der Waals surface area (Å²) >= 11 is 12.9. The van der Waals surface area contributed by atoms with E-state index in [0.29, 0.717) is 10.7 Å². The highest BCUT2D eigenvalue weighted by Crippen LogP contribution is 2.38. The normalized spacial score (nSPS) is 14.8. The predicted octanol–water partition coefficient (Wildman–Crippen LogP) is 3.66. The number of amides is 3. The molecule has 33 heavy (non-hydrogen) atoms. The molecule has 172 valence electrons. The highest BCUT2D eigenvalue weighted by atomic mass is 35.5. The van der Waals surface area contributed by atoms with Gasteiger partial charge in [-0.3, -0.25) is 19.8 Å². The zero-order valence-corrected chi connectivity index (χ0v) is 20.0. The van der Waals surface area contributed by atoms with Crippen molar-refractivity contribution in [3.8, 4) is 0 Å². The van der Waals surface area contributed by atoms with Crippen LogP contribution in [0.5, 0.6) is 0 Å². The number of aromatic nitrogens is 1. The summed E-state index contributed by atoms with van der Waals surface area (Å²) in [5.74, 6) is -2.82. The number of carbonyl (C=O) groups excluding carboxylic acids is 3. The maximum absolute atomic E-state index is 12.8. The third kappa shape index (κ3) is 5.87. The van der Waals surface area contributed by atoms with Gasteiger partial charge in [0.25, 0.3) is 5.91 Å². The van der Waals surface area contributed by atoms with Crippen molar-refractivity contribution >= 4 is 91.5 Å². The number of carbonyl (C=O) groups is 4. The van der Waals surface area contributed by atoms with Crippen molar-refractivity contribution in [2.24, 2.45) is 0 Å². The fraction of sp³-hybridized carbons (Fsp3) is 0.158. The standard InChI is InChI=1S/C19H15ClN4O6S3/c1-2-30-16(28)13(14-15(27)24(7-12(25)26)19(31)33-14)11-8-32-18(22-11)23-17(29)21-10-6-4-3-5-9(10)20/h3-6,8H,2,7H2,1H3,(H,25,26)(H2,21,22,23,29). The van der Waals surface area contributed by atoms with Gasteiger partial charge in [0.2, 0.25) is 0 Å². The third-order valence-corrected chi connectivity index (χ3v) is 6.49. The predicted molar refractivity (Wildman–Crippen MR) is 129 cm³/mol. The van der Waals surface area contributed by atoms with E-state index in [4.69, 9.17) is 33.7 Å². The van der Waals surface area contributed by atoms with Gasteiger partial charge in [-0.05, 0) is 19.1 Å². The second kappa shape index (κ2) is 10.7. The second-order valence-corrected chi connectivity index (χ2v) is 9.08. The topological polar surface area (TPSA) is 138 Å². The largest absolute Gasteiger partial charge is 0.480 e. The van der Waals surface area contributed by atoms with Crippen molar-refractivity contribution in [3.05, 3.63) is 45.3 Å². The summed E-state index contributed by atoms with van der Waals surface area (Å²) in [5, 5.41) is 16.1. The Morgan fingerprint density at radius 2 is 2.00 bits per heavy atom. The number of thiazole rings is 1. The fourth-order valence-corrected chi connectivity index (χ4v) is 4.79. The van der Waals surface area contributed by atoms with Crippen molar-refractivity contribution in [1.29, 1.82) is 0 Å². The Kier molecular flexibility index (Phi) is 8.02. The number of anilines is 2. The molecule has 1 aliphatic rings. The third-order valence-electron chi connectivity index (χ3n) is 3.95. The van der Waals surface area contributed by atoms with Gasteiger partial charge in [-0.2, -0.15) is 0 Å². The summed E-state index contributed by atoms with van der Waals surface area (Å²) in [7, 11) is 0. The van der Waals surface area contributed by atoms with Gasteiger partial charge in [-0.15, -0.1) is 11.3 Å². The molecule has 0 aliphatic carbocycles. The van der Waals surface area contributed by atoms with Gasteiger partial charge in [0.15, 0.2) is 5.13 Å². The van der Waals surface area contributed by atoms with Gasteiger partial charge in [-0.1, -0.05) is 47.7 Å². The minimum absolute atomic E-state index is 0.00751. The van der Waals surface area contributed by atoms with Crippen molar-refractivity contribution in [1.82, 2.24) is 9.88 Å². The number of ether oxygens (including phenoxy) is 1. The number of thioether (sulfide) groups is 1. The molecule has 0 unspecified atom stereocenters. The summed E-state index contributed by atoms with van der Waals surface area (Å²) in [6, 6.07) is 6.04. The molecular weight excluding hydrogens is 512 g/mol. The summed E-state index contributed by atoms with van der Waals surface area (Å²) in [4.78, 5) is 53.8. The average Bonchev–Trinajstić information content (AvgIpc) is 3.30. The maximum Gasteiger partial charge on any atom is 0.341 e. The Hall–Kier alpha value is -3.00. The molecule has 0 spiro atoms. The van der Waals surface area contributed by atoms with Crippen LogP contribution in [0.15, 0.2) is 34.6 Å². The number of hydrogen-bond donors (Lipinski definition) is 3. The molecule has 10 nitrogen and oxygen atoms in total. The number of rotatable bonds is 7. The van der Waals surface area contributed by atoms with Crippen LogP contribution in [0, 0.1) is 0 Å². The van der Waals surface area contributed by atoms with Gasteiger partial charge in [0.1, 0.15) is 16.4 Å². The number of thiocarbonyl (C=S) groups is 1. The number of halogens is 1. The van der Waals surface area contributed by atoms with Crippen LogP contribution in [0.3, 0.4) is 0 Å². The lowest BCUT2D eigenvalue weighted by atomic mass is 10.2. The maximum atomic E-state index is 12.8. The van der Waals surface area contributed by atoms with Crippen molar-refractivity contribution in [2.75, 3.05) is 23.8 Å². The first-order chi connectivity index (χ1) is 15.7. The van der Waals surface area contributed by atoms with Crippen LogP contribution in [0.4, 0.5) is 15.6 Å². The lowest BCUT2D eigenvalue weighted by molar-refractivity contribution is -0.140. The summed E-state index contributed by atoms with van der Waals surface area (Å²) in [6.45, 7) is 0.988. The number of carboxylic acids is 1. The Balaban J connectivity index is 1.87. The SMILES string of the molecule is CCOC(=O)C(=C1SC(=S)N(CC(=O)O)C1=O)c1csc(NC(=O)Nc2ccccc2Cl)n1. The highest BCUT2D eigenvalue weighted by molar-refractivity contribution is 8.26. The number of para-hydroxylation sites is 1. The molecule has 0 saturated carbocycles. The van der Waals surface area contributed by atoms with Crippen molar-refractivity contribution in [2.45, 2.75) is 6.92 Å². The quantitative estimate of drug-likeness (QED) is 0.280. The number of nitrogens with one attached hydrogen (secondary N) is 2. The molecule has 1 saturated heterocycles. The molecule has 2 heterocycles. The van der Waals surface area contributed by atoms with E-state index in [1.165, 1.54) is 5.38 Å². The number of carboxylic acid groups (broad SMARTS) is 1. The van der Waals surface area contributed by atoms with E-state index in [1.54, 1.807) is 31.2 Å². The molecule has 2 aromatic rings. The first-order valence-corrected chi connectivity index (χ1v) is 11.6. The first kappa shape index (κ1) is 24.6. The smallest absolute Gasteiger partial charge is 0.341 e. The lowest BCUT2D eigenvalue weighted by Gasteiger charge is -2.11. The number of aliphatic carboxylic acids is 1. The molecule has 1 aromatic carbocycles. The Morgan fingerprint density at radius 1 is 1.27 bits per heavy atom. The molecule has 0 bridgehead atoms. The zero-order chi connectivity index (χ0) is 24.1. The minimum Gasteiger partial charge on any atom is -0.480 e. The van der Waals surface area contributed by atoms with Gasteiger partial charge in [0.05, 0.1) is 27.9 Å². The van der Waals surface area contributed by atoms with E-state index in [9.17, 15) is 19.2 Å². The van der Waals surface area contributed by atoms with Crippen molar-refractivity contribution < 1.29 is 29.0 Å².